The Kier molecular flexibility index (Phi) is 2.18. The van der Waals surface area contributed by atoms with Gasteiger partial charge in [-0.05, 0) is 22.3 Å². The lowest BCUT2D eigenvalue weighted by Gasteiger charge is -2.24. The van der Waals surface area contributed by atoms with Gasteiger partial charge in [-0.2, -0.15) is 0 Å². The highest BCUT2D eigenvalue weighted by Gasteiger charge is 2.39. The lowest BCUT2D eigenvalue weighted by Crippen LogP contribution is -2.33. The Morgan fingerprint density at radius 2 is 1.15 bits per heavy atom. The zero-order chi connectivity index (χ0) is 13.7. The number of nitrogens with zero attached hydrogens (tertiary/aromatic N) is 1. The minimum Gasteiger partial charge on any atom is -0.269 e. The minimum atomic E-state index is -0.308. The van der Waals surface area contributed by atoms with Crippen LogP contribution in [0.4, 0.5) is 0 Å². The molecular formula is C17H11NO2. The molecule has 96 valence electrons. The number of fused-ring (bicyclic) bond motifs is 3. The van der Waals surface area contributed by atoms with E-state index in [1.807, 2.05) is 48.5 Å². The van der Waals surface area contributed by atoms with Crippen molar-refractivity contribution in [2.75, 3.05) is 0 Å². The van der Waals surface area contributed by atoms with Gasteiger partial charge in [0, 0.05) is 12.2 Å². The SMILES string of the molecule is O=C1C=CC(=O)N1C1c2ccccc2-c2ccccc21. The Hall–Kier alpha value is -2.68. The van der Waals surface area contributed by atoms with Gasteiger partial charge >= 0.3 is 0 Å². The molecule has 0 bridgehead atoms. The van der Waals surface area contributed by atoms with E-state index in [-0.39, 0.29) is 17.9 Å². The topological polar surface area (TPSA) is 37.4 Å². The fourth-order valence-electron chi connectivity index (χ4n) is 3.07. The first-order valence-electron chi connectivity index (χ1n) is 6.51. The molecule has 0 N–H and O–H groups in total. The predicted octanol–water partition coefficient (Wildman–Crippen LogP) is 2.68. The third-order valence-electron chi connectivity index (χ3n) is 3.90. The summed E-state index contributed by atoms with van der Waals surface area (Å²) in [5.41, 5.74) is 4.22. The highest BCUT2D eigenvalue weighted by molar-refractivity contribution is 6.13. The second-order valence-corrected chi connectivity index (χ2v) is 4.96. The molecule has 0 aromatic heterocycles. The Morgan fingerprint density at radius 1 is 0.700 bits per heavy atom. The molecule has 4 rings (SSSR count). The molecule has 3 heteroatoms. The lowest BCUT2D eigenvalue weighted by molar-refractivity contribution is -0.138. The van der Waals surface area contributed by atoms with Crippen molar-refractivity contribution in [1.82, 2.24) is 4.90 Å². The van der Waals surface area contributed by atoms with Crippen LogP contribution in [0.25, 0.3) is 11.1 Å². The van der Waals surface area contributed by atoms with Crippen LogP contribution in [0.5, 0.6) is 0 Å². The van der Waals surface area contributed by atoms with Crippen molar-refractivity contribution in [3.05, 3.63) is 71.8 Å². The van der Waals surface area contributed by atoms with E-state index in [9.17, 15) is 9.59 Å². The fourth-order valence-corrected chi connectivity index (χ4v) is 3.07. The Labute approximate surface area is 116 Å². The molecule has 0 saturated carbocycles. The maximum Gasteiger partial charge on any atom is 0.254 e. The van der Waals surface area contributed by atoms with Crippen LogP contribution < -0.4 is 0 Å². The van der Waals surface area contributed by atoms with Gasteiger partial charge in [0.15, 0.2) is 0 Å². The van der Waals surface area contributed by atoms with Crippen LogP contribution >= 0.6 is 0 Å². The quantitative estimate of drug-likeness (QED) is 0.740. The van der Waals surface area contributed by atoms with Crippen molar-refractivity contribution in [3.63, 3.8) is 0 Å². The number of rotatable bonds is 1. The molecule has 0 saturated heterocycles. The first-order chi connectivity index (χ1) is 9.77. The predicted molar refractivity (Wildman–Crippen MR) is 74.7 cm³/mol. The summed E-state index contributed by atoms with van der Waals surface area (Å²) in [7, 11) is 0. The highest BCUT2D eigenvalue weighted by atomic mass is 16.2. The molecule has 2 aliphatic rings. The van der Waals surface area contributed by atoms with Crippen molar-refractivity contribution in [1.29, 1.82) is 0 Å². The van der Waals surface area contributed by atoms with Crippen LogP contribution in [-0.4, -0.2) is 16.7 Å². The molecule has 2 aromatic carbocycles. The summed E-state index contributed by atoms with van der Waals surface area (Å²) < 4.78 is 0. The molecule has 0 fully saturated rings. The summed E-state index contributed by atoms with van der Waals surface area (Å²) in [6.07, 6.45) is 2.68. The van der Waals surface area contributed by atoms with E-state index in [0.29, 0.717) is 0 Å². The summed E-state index contributed by atoms with van der Waals surface area (Å²) in [6, 6.07) is 15.6. The zero-order valence-corrected chi connectivity index (χ0v) is 10.6. The van der Waals surface area contributed by atoms with Gasteiger partial charge in [0.2, 0.25) is 0 Å². The smallest absolute Gasteiger partial charge is 0.254 e. The van der Waals surface area contributed by atoms with Crippen LogP contribution in [0.3, 0.4) is 0 Å². The Bertz CT molecular complexity index is 713. The lowest BCUT2D eigenvalue weighted by atomic mass is 10.0. The van der Waals surface area contributed by atoms with Gasteiger partial charge in [-0.15, -0.1) is 0 Å². The van der Waals surface area contributed by atoms with Gasteiger partial charge < -0.3 is 0 Å². The number of hydrogen-bond donors (Lipinski definition) is 0. The van der Waals surface area contributed by atoms with Crippen molar-refractivity contribution < 1.29 is 9.59 Å². The van der Waals surface area contributed by atoms with Gasteiger partial charge in [-0.1, -0.05) is 48.5 Å². The largest absolute Gasteiger partial charge is 0.269 e. The molecule has 2 amide bonds. The van der Waals surface area contributed by atoms with Gasteiger partial charge in [-0.25, -0.2) is 0 Å². The van der Waals surface area contributed by atoms with E-state index in [0.717, 1.165) is 22.3 Å². The molecule has 0 radical (unpaired) electrons. The van der Waals surface area contributed by atoms with Crippen LogP contribution in [0.2, 0.25) is 0 Å². The first-order valence-corrected chi connectivity index (χ1v) is 6.51. The number of carbonyl (C=O) groups is 2. The first kappa shape index (κ1) is 11.2. The van der Waals surface area contributed by atoms with E-state index in [1.54, 1.807) is 0 Å². The van der Waals surface area contributed by atoms with Gasteiger partial charge in [0.25, 0.3) is 11.8 Å². The highest BCUT2D eigenvalue weighted by Crippen LogP contribution is 2.46. The second-order valence-electron chi connectivity index (χ2n) is 4.96. The van der Waals surface area contributed by atoms with Crippen LogP contribution in [0, 0.1) is 0 Å². The fraction of sp³-hybridized carbons (Fsp3) is 0.0588. The number of hydrogen-bond acceptors (Lipinski definition) is 2. The van der Waals surface area contributed by atoms with Gasteiger partial charge in [0.05, 0.1) is 6.04 Å². The molecule has 0 unspecified atom stereocenters. The second kappa shape index (κ2) is 3.90. The maximum absolute atomic E-state index is 12.0. The summed E-state index contributed by atoms with van der Waals surface area (Å²) in [6.45, 7) is 0. The van der Waals surface area contributed by atoms with Crippen LogP contribution in [0.15, 0.2) is 60.7 Å². The van der Waals surface area contributed by atoms with Crippen molar-refractivity contribution in [2.45, 2.75) is 6.04 Å². The average Bonchev–Trinajstić information content (AvgIpc) is 2.97. The van der Waals surface area contributed by atoms with E-state index >= 15 is 0 Å². The van der Waals surface area contributed by atoms with Gasteiger partial charge in [0.1, 0.15) is 0 Å². The van der Waals surface area contributed by atoms with Crippen molar-refractivity contribution in [3.8, 4) is 11.1 Å². The third-order valence-corrected chi connectivity index (χ3v) is 3.90. The summed E-state index contributed by atoms with van der Waals surface area (Å²) in [5, 5.41) is 0. The van der Waals surface area contributed by atoms with Gasteiger partial charge in [-0.3, -0.25) is 14.5 Å². The molecule has 0 spiro atoms. The summed E-state index contributed by atoms with van der Waals surface area (Å²) in [5.74, 6) is -0.488. The van der Waals surface area contributed by atoms with E-state index < -0.39 is 0 Å². The normalized spacial score (nSPS) is 16.7. The van der Waals surface area contributed by atoms with E-state index in [4.69, 9.17) is 0 Å². The molecule has 0 atom stereocenters. The van der Waals surface area contributed by atoms with Crippen molar-refractivity contribution in [2.24, 2.45) is 0 Å². The number of carbonyl (C=O) groups excluding carboxylic acids is 2. The van der Waals surface area contributed by atoms with Crippen molar-refractivity contribution >= 4 is 11.8 Å². The molecule has 3 nitrogen and oxygen atoms in total. The number of benzene rings is 2. The zero-order valence-electron chi connectivity index (χ0n) is 10.6. The molecule has 1 aliphatic heterocycles. The summed E-state index contributed by atoms with van der Waals surface area (Å²) in [4.78, 5) is 25.4. The number of imide groups is 1. The summed E-state index contributed by atoms with van der Waals surface area (Å²) >= 11 is 0. The maximum atomic E-state index is 12.0. The molecular weight excluding hydrogens is 250 g/mol. The molecule has 1 heterocycles. The Morgan fingerprint density at radius 3 is 1.65 bits per heavy atom. The van der Waals surface area contributed by atoms with E-state index in [1.165, 1.54) is 17.1 Å². The monoisotopic (exact) mass is 261 g/mol. The minimum absolute atomic E-state index is 0.244. The molecule has 1 aliphatic carbocycles. The number of amides is 2. The third kappa shape index (κ3) is 1.35. The van der Waals surface area contributed by atoms with E-state index in [2.05, 4.69) is 0 Å². The van der Waals surface area contributed by atoms with Crippen LogP contribution in [0.1, 0.15) is 17.2 Å². The average molecular weight is 261 g/mol. The molecule has 2 aromatic rings. The Balaban J connectivity index is 1.96. The standard InChI is InChI=1S/C17H11NO2/c19-15-9-10-16(20)18(15)17-13-7-3-1-5-11(13)12-6-2-4-8-14(12)17/h1-10,17H. The van der Waals surface area contributed by atoms with Crippen LogP contribution in [-0.2, 0) is 9.59 Å². The molecule has 20 heavy (non-hydrogen) atoms.